The van der Waals surface area contributed by atoms with Gasteiger partial charge < -0.3 is 24.8 Å². The van der Waals surface area contributed by atoms with Crippen molar-refractivity contribution in [1.82, 2.24) is 20.1 Å². The van der Waals surface area contributed by atoms with E-state index in [2.05, 4.69) is 10.3 Å². The number of aromatic nitrogens is 1. The molecule has 0 spiro atoms. The highest BCUT2D eigenvalue weighted by atomic mass is 16.5. The van der Waals surface area contributed by atoms with Crippen molar-refractivity contribution < 1.29 is 9.53 Å². The Morgan fingerprint density at radius 3 is 3.11 bits per heavy atom. The number of carbonyl (C=O) groups is 1. The summed E-state index contributed by atoms with van der Waals surface area (Å²) >= 11 is 0. The summed E-state index contributed by atoms with van der Waals surface area (Å²) in [5, 5.41) is 3.39. The van der Waals surface area contributed by atoms with Gasteiger partial charge in [-0.05, 0) is 12.1 Å². The van der Waals surface area contributed by atoms with Gasteiger partial charge in [0.05, 0.1) is 19.3 Å². The largest absolute Gasteiger partial charge is 0.378 e. The molecular weight excluding hydrogens is 244 g/mol. The zero-order valence-corrected chi connectivity index (χ0v) is 11.1. The summed E-state index contributed by atoms with van der Waals surface area (Å²) in [5.41, 5.74) is 1.09. The molecule has 19 heavy (non-hydrogen) atoms. The molecule has 3 rings (SSSR count). The predicted molar refractivity (Wildman–Crippen MR) is 70.9 cm³/mol. The summed E-state index contributed by atoms with van der Waals surface area (Å²) in [4.78, 5) is 19.1. The highest BCUT2D eigenvalue weighted by molar-refractivity contribution is 5.77. The number of nitrogens with one attached hydrogen (secondary N) is 2. The van der Waals surface area contributed by atoms with Crippen molar-refractivity contribution in [3.63, 3.8) is 0 Å². The lowest BCUT2D eigenvalue weighted by molar-refractivity contribution is 0.0677. The molecule has 0 aromatic carbocycles. The van der Waals surface area contributed by atoms with Gasteiger partial charge in [-0.3, -0.25) is 0 Å². The first-order valence-electron chi connectivity index (χ1n) is 6.72. The first kappa shape index (κ1) is 12.5. The van der Waals surface area contributed by atoms with Crippen molar-refractivity contribution in [2.45, 2.75) is 12.1 Å². The summed E-state index contributed by atoms with van der Waals surface area (Å²) in [5.74, 6) is 0. The quantitative estimate of drug-likeness (QED) is 0.831. The average Bonchev–Trinajstić information content (AvgIpc) is 3.04. The smallest absolute Gasteiger partial charge is 0.320 e. The van der Waals surface area contributed by atoms with Crippen LogP contribution in [0.4, 0.5) is 4.79 Å². The minimum absolute atomic E-state index is 0.0898. The van der Waals surface area contributed by atoms with Gasteiger partial charge in [-0.15, -0.1) is 0 Å². The number of hydrogen-bond acceptors (Lipinski definition) is 3. The van der Waals surface area contributed by atoms with Gasteiger partial charge in [0.2, 0.25) is 0 Å². The van der Waals surface area contributed by atoms with Gasteiger partial charge in [0.25, 0.3) is 0 Å². The maximum Gasteiger partial charge on any atom is 0.320 e. The van der Waals surface area contributed by atoms with Crippen LogP contribution in [0.1, 0.15) is 11.7 Å². The molecule has 1 aromatic heterocycles. The van der Waals surface area contributed by atoms with E-state index in [4.69, 9.17) is 4.74 Å². The van der Waals surface area contributed by atoms with Crippen LogP contribution < -0.4 is 5.32 Å². The van der Waals surface area contributed by atoms with Crippen molar-refractivity contribution in [2.24, 2.45) is 0 Å². The molecule has 6 heteroatoms. The highest BCUT2D eigenvalue weighted by Crippen LogP contribution is 2.26. The molecule has 2 fully saturated rings. The van der Waals surface area contributed by atoms with Gasteiger partial charge in [0.1, 0.15) is 0 Å². The fourth-order valence-electron chi connectivity index (χ4n) is 2.78. The SMILES string of the molecule is CN1C(=O)N(CC2COCCN2)CC1c1ccc[nH]1. The zero-order valence-electron chi connectivity index (χ0n) is 11.1. The van der Waals surface area contributed by atoms with Crippen LogP contribution in [0.5, 0.6) is 0 Å². The van der Waals surface area contributed by atoms with Gasteiger partial charge >= 0.3 is 6.03 Å². The topological polar surface area (TPSA) is 60.6 Å². The van der Waals surface area contributed by atoms with Gasteiger partial charge in [0.15, 0.2) is 0 Å². The number of likely N-dealkylation sites (N-methyl/N-ethyl adjacent to an activating group) is 1. The second-order valence-corrected chi connectivity index (χ2v) is 5.17. The number of amides is 2. The van der Waals surface area contributed by atoms with E-state index in [-0.39, 0.29) is 18.1 Å². The minimum atomic E-state index is 0.0898. The molecule has 2 saturated heterocycles. The molecule has 0 aliphatic carbocycles. The molecule has 2 aliphatic rings. The Hall–Kier alpha value is -1.53. The number of carbonyl (C=O) groups excluding carboxylic acids is 1. The van der Waals surface area contributed by atoms with E-state index in [1.54, 1.807) is 4.90 Å². The molecule has 3 heterocycles. The third kappa shape index (κ3) is 2.46. The summed E-state index contributed by atoms with van der Waals surface area (Å²) in [6.45, 7) is 3.74. The number of hydrogen-bond donors (Lipinski definition) is 2. The Bertz CT molecular complexity index is 428. The lowest BCUT2D eigenvalue weighted by Crippen LogP contribution is -2.49. The normalized spacial score (nSPS) is 28.2. The summed E-state index contributed by atoms with van der Waals surface area (Å²) in [6.07, 6.45) is 1.90. The molecule has 0 saturated carbocycles. The van der Waals surface area contributed by atoms with E-state index in [1.807, 2.05) is 30.3 Å². The zero-order chi connectivity index (χ0) is 13.2. The molecule has 6 nitrogen and oxygen atoms in total. The maximum absolute atomic E-state index is 12.3. The number of urea groups is 1. The number of nitrogens with zero attached hydrogens (tertiary/aromatic N) is 2. The van der Waals surface area contributed by atoms with Gasteiger partial charge in [0, 0.05) is 44.6 Å². The molecule has 2 amide bonds. The maximum atomic E-state index is 12.3. The van der Waals surface area contributed by atoms with E-state index in [9.17, 15) is 4.79 Å². The van der Waals surface area contributed by atoms with Crippen LogP contribution in [0.2, 0.25) is 0 Å². The van der Waals surface area contributed by atoms with Crippen LogP contribution in [0.25, 0.3) is 0 Å². The van der Waals surface area contributed by atoms with E-state index in [1.165, 1.54) is 0 Å². The van der Waals surface area contributed by atoms with Gasteiger partial charge in [-0.25, -0.2) is 4.79 Å². The van der Waals surface area contributed by atoms with E-state index in [0.717, 1.165) is 25.4 Å². The first-order chi connectivity index (χ1) is 9.25. The van der Waals surface area contributed by atoms with Gasteiger partial charge in [-0.1, -0.05) is 0 Å². The average molecular weight is 264 g/mol. The Morgan fingerprint density at radius 2 is 2.42 bits per heavy atom. The van der Waals surface area contributed by atoms with Crippen LogP contribution in [0.15, 0.2) is 18.3 Å². The highest BCUT2D eigenvalue weighted by Gasteiger charge is 2.37. The van der Waals surface area contributed by atoms with E-state index >= 15 is 0 Å². The third-order valence-corrected chi connectivity index (χ3v) is 3.85. The number of H-pyrrole nitrogens is 1. The van der Waals surface area contributed by atoms with E-state index < -0.39 is 0 Å². The molecule has 104 valence electrons. The number of ether oxygens (including phenoxy) is 1. The van der Waals surface area contributed by atoms with Crippen molar-refractivity contribution in [2.75, 3.05) is 39.9 Å². The Morgan fingerprint density at radius 1 is 1.53 bits per heavy atom. The predicted octanol–water partition coefficient (Wildman–Crippen LogP) is 0.412. The van der Waals surface area contributed by atoms with Crippen molar-refractivity contribution in [3.05, 3.63) is 24.0 Å². The summed E-state index contributed by atoms with van der Waals surface area (Å²) in [6, 6.07) is 4.44. The lowest BCUT2D eigenvalue weighted by atomic mass is 10.2. The van der Waals surface area contributed by atoms with Crippen molar-refractivity contribution in [3.8, 4) is 0 Å². The van der Waals surface area contributed by atoms with Crippen LogP contribution in [0, 0.1) is 0 Å². The molecule has 2 unspecified atom stereocenters. The van der Waals surface area contributed by atoms with Gasteiger partial charge in [-0.2, -0.15) is 0 Å². The van der Waals surface area contributed by atoms with Crippen LogP contribution in [-0.2, 0) is 4.74 Å². The fourth-order valence-corrected chi connectivity index (χ4v) is 2.78. The molecule has 1 aromatic rings. The van der Waals surface area contributed by atoms with Crippen LogP contribution in [0.3, 0.4) is 0 Å². The molecule has 2 aliphatic heterocycles. The number of morpholine rings is 1. The number of aromatic amines is 1. The van der Waals surface area contributed by atoms with Crippen LogP contribution >= 0.6 is 0 Å². The van der Waals surface area contributed by atoms with Crippen molar-refractivity contribution in [1.29, 1.82) is 0 Å². The van der Waals surface area contributed by atoms with Crippen LogP contribution in [-0.4, -0.2) is 66.8 Å². The molecule has 0 radical (unpaired) electrons. The molecular formula is C13H20N4O2. The third-order valence-electron chi connectivity index (χ3n) is 3.85. The van der Waals surface area contributed by atoms with E-state index in [0.29, 0.717) is 13.2 Å². The standard InChI is InChI=1S/C13H20N4O2/c1-16-12(11-3-2-4-15-11)8-17(13(16)18)7-10-9-19-6-5-14-10/h2-4,10,12,14-15H,5-9H2,1H3. The Kier molecular flexibility index (Phi) is 3.44. The first-order valence-corrected chi connectivity index (χ1v) is 6.72. The lowest BCUT2D eigenvalue weighted by Gasteiger charge is -2.27. The fraction of sp³-hybridized carbons (Fsp3) is 0.615. The molecule has 2 atom stereocenters. The second kappa shape index (κ2) is 5.22. The van der Waals surface area contributed by atoms with Crippen molar-refractivity contribution >= 4 is 6.03 Å². The molecule has 0 bridgehead atoms. The summed E-state index contributed by atoms with van der Waals surface area (Å²) < 4.78 is 5.43. The Balaban J connectivity index is 1.65. The Labute approximate surface area is 112 Å². The minimum Gasteiger partial charge on any atom is -0.378 e. The number of rotatable bonds is 3. The molecule has 2 N–H and O–H groups in total. The second-order valence-electron chi connectivity index (χ2n) is 5.17. The monoisotopic (exact) mass is 264 g/mol. The summed E-state index contributed by atoms with van der Waals surface area (Å²) in [7, 11) is 1.86.